The van der Waals surface area contributed by atoms with E-state index in [-0.39, 0.29) is 6.10 Å². The van der Waals surface area contributed by atoms with Gasteiger partial charge in [-0.25, -0.2) is 0 Å². The van der Waals surface area contributed by atoms with Crippen LogP contribution in [0.15, 0.2) is 24.3 Å². The molecule has 0 spiro atoms. The molecule has 1 saturated carbocycles. The predicted octanol–water partition coefficient (Wildman–Crippen LogP) is 4.24. The zero-order chi connectivity index (χ0) is 14.4. The lowest BCUT2D eigenvalue weighted by molar-refractivity contribution is 0.242. The molecule has 0 aromatic heterocycles. The van der Waals surface area contributed by atoms with Gasteiger partial charge in [0, 0.05) is 17.8 Å². The van der Waals surface area contributed by atoms with Crippen LogP contribution in [0.2, 0.25) is 0 Å². The summed E-state index contributed by atoms with van der Waals surface area (Å²) in [6.45, 7) is 6.18. The molecular formula is C17H27NOS. The first-order valence-corrected chi connectivity index (χ1v) is 8.87. The van der Waals surface area contributed by atoms with E-state index in [1.165, 1.54) is 31.2 Å². The predicted molar refractivity (Wildman–Crippen MR) is 88.6 cm³/mol. The lowest BCUT2D eigenvalue weighted by Crippen LogP contribution is -2.34. The van der Waals surface area contributed by atoms with Crippen LogP contribution in [0.25, 0.3) is 0 Å². The first-order chi connectivity index (χ1) is 9.63. The highest BCUT2D eigenvalue weighted by molar-refractivity contribution is 8.00. The molecule has 0 unspecified atom stereocenters. The van der Waals surface area contributed by atoms with Crippen LogP contribution in [0.5, 0.6) is 5.75 Å². The van der Waals surface area contributed by atoms with Crippen molar-refractivity contribution in [2.75, 3.05) is 12.8 Å². The molecule has 2 rings (SSSR count). The van der Waals surface area contributed by atoms with E-state index in [0.717, 1.165) is 18.8 Å². The first-order valence-electron chi connectivity index (χ1n) is 7.65. The molecule has 0 bridgehead atoms. The molecule has 20 heavy (non-hydrogen) atoms. The van der Waals surface area contributed by atoms with E-state index in [1.54, 1.807) is 0 Å². The fraction of sp³-hybridized carbons (Fsp3) is 0.647. The number of hydrogen-bond acceptors (Lipinski definition) is 3. The Balaban J connectivity index is 1.79. The maximum absolute atomic E-state index is 5.66. The minimum Gasteiger partial charge on any atom is -0.491 e. The third-order valence-electron chi connectivity index (χ3n) is 4.02. The minimum atomic E-state index is 0.239. The summed E-state index contributed by atoms with van der Waals surface area (Å²) < 4.78 is 6.15. The molecule has 0 saturated heterocycles. The molecule has 1 aliphatic carbocycles. The highest BCUT2D eigenvalue weighted by atomic mass is 32.2. The fourth-order valence-corrected chi connectivity index (χ4v) is 3.81. The Morgan fingerprint density at radius 1 is 1.20 bits per heavy atom. The fourth-order valence-electron chi connectivity index (χ4n) is 2.87. The van der Waals surface area contributed by atoms with Crippen LogP contribution in [0.4, 0.5) is 0 Å². The molecule has 0 amide bonds. The highest BCUT2D eigenvalue weighted by Gasteiger charge is 2.32. The van der Waals surface area contributed by atoms with E-state index in [2.05, 4.69) is 49.7 Å². The van der Waals surface area contributed by atoms with Crippen molar-refractivity contribution in [2.24, 2.45) is 0 Å². The molecule has 3 heteroatoms. The molecule has 1 fully saturated rings. The number of thioether (sulfide) groups is 1. The standard InChI is InChI=1S/C17H27NOS/c1-14(2)19-16-8-6-15(7-9-16)12-18-13-17(20-3)10-4-5-11-17/h6-9,14,18H,4-5,10-13H2,1-3H3. The van der Waals surface area contributed by atoms with Crippen molar-refractivity contribution >= 4 is 11.8 Å². The molecule has 112 valence electrons. The monoisotopic (exact) mass is 293 g/mol. The summed E-state index contributed by atoms with van der Waals surface area (Å²) in [6.07, 6.45) is 8.01. The summed E-state index contributed by atoms with van der Waals surface area (Å²) in [5, 5.41) is 3.63. The van der Waals surface area contributed by atoms with Crippen LogP contribution in [-0.4, -0.2) is 23.7 Å². The van der Waals surface area contributed by atoms with Crippen LogP contribution in [0, 0.1) is 0 Å². The number of benzene rings is 1. The van der Waals surface area contributed by atoms with E-state index in [4.69, 9.17) is 4.74 Å². The number of hydrogen-bond donors (Lipinski definition) is 1. The van der Waals surface area contributed by atoms with Gasteiger partial charge in [0.05, 0.1) is 6.10 Å². The van der Waals surface area contributed by atoms with E-state index >= 15 is 0 Å². The van der Waals surface area contributed by atoms with Gasteiger partial charge in [0.15, 0.2) is 0 Å². The topological polar surface area (TPSA) is 21.3 Å². The van der Waals surface area contributed by atoms with Crippen molar-refractivity contribution in [3.05, 3.63) is 29.8 Å². The van der Waals surface area contributed by atoms with Gasteiger partial charge in [-0.2, -0.15) is 11.8 Å². The van der Waals surface area contributed by atoms with E-state index in [0.29, 0.717) is 4.75 Å². The van der Waals surface area contributed by atoms with Gasteiger partial charge in [0.1, 0.15) is 5.75 Å². The average molecular weight is 293 g/mol. The van der Waals surface area contributed by atoms with Gasteiger partial charge in [-0.15, -0.1) is 0 Å². The van der Waals surface area contributed by atoms with Gasteiger partial charge in [-0.1, -0.05) is 25.0 Å². The van der Waals surface area contributed by atoms with Crippen LogP contribution in [-0.2, 0) is 6.54 Å². The second-order valence-electron chi connectivity index (χ2n) is 6.01. The van der Waals surface area contributed by atoms with Gasteiger partial charge in [-0.05, 0) is 50.6 Å². The van der Waals surface area contributed by atoms with Gasteiger partial charge in [-0.3, -0.25) is 0 Å². The third-order valence-corrected chi connectivity index (χ3v) is 5.44. The molecule has 0 atom stereocenters. The lowest BCUT2D eigenvalue weighted by Gasteiger charge is -2.27. The highest BCUT2D eigenvalue weighted by Crippen LogP contribution is 2.39. The van der Waals surface area contributed by atoms with Gasteiger partial charge in [0.25, 0.3) is 0 Å². The van der Waals surface area contributed by atoms with Crippen LogP contribution >= 0.6 is 11.8 Å². The Bertz CT molecular complexity index is 396. The zero-order valence-corrected chi connectivity index (χ0v) is 13.8. The summed E-state index contributed by atoms with van der Waals surface area (Å²) >= 11 is 2.04. The van der Waals surface area contributed by atoms with Crippen molar-refractivity contribution in [2.45, 2.75) is 56.9 Å². The van der Waals surface area contributed by atoms with Gasteiger partial charge in [0.2, 0.25) is 0 Å². The van der Waals surface area contributed by atoms with Crippen molar-refractivity contribution in [3.8, 4) is 5.75 Å². The normalized spacial score (nSPS) is 17.6. The second-order valence-corrected chi connectivity index (χ2v) is 7.28. The molecule has 1 aromatic rings. The maximum atomic E-state index is 5.66. The molecule has 0 radical (unpaired) electrons. The maximum Gasteiger partial charge on any atom is 0.119 e. The second kappa shape index (κ2) is 7.37. The molecule has 0 aliphatic heterocycles. The van der Waals surface area contributed by atoms with Crippen LogP contribution in [0.3, 0.4) is 0 Å². The summed E-state index contributed by atoms with van der Waals surface area (Å²) in [4.78, 5) is 0. The number of rotatable bonds is 7. The summed E-state index contributed by atoms with van der Waals surface area (Å²) in [5.41, 5.74) is 1.33. The van der Waals surface area contributed by atoms with Crippen molar-refractivity contribution < 1.29 is 4.74 Å². The average Bonchev–Trinajstić information content (AvgIpc) is 2.90. The Morgan fingerprint density at radius 3 is 2.40 bits per heavy atom. The Morgan fingerprint density at radius 2 is 1.85 bits per heavy atom. The van der Waals surface area contributed by atoms with E-state index in [1.807, 2.05) is 11.8 Å². The molecular weight excluding hydrogens is 266 g/mol. The Labute approximate surface area is 127 Å². The number of ether oxygens (including phenoxy) is 1. The van der Waals surface area contributed by atoms with Crippen LogP contribution < -0.4 is 10.1 Å². The van der Waals surface area contributed by atoms with E-state index in [9.17, 15) is 0 Å². The summed E-state index contributed by atoms with van der Waals surface area (Å²) in [6, 6.07) is 8.45. The number of nitrogens with one attached hydrogen (secondary N) is 1. The Kier molecular flexibility index (Phi) is 5.79. The van der Waals surface area contributed by atoms with Crippen molar-refractivity contribution in [3.63, 3.8) is 0 Å². The minimum absolute atomic E-state index is 0.239. The molecule has 1 N–H and O–H groups in total. The van der Waals surface area contributed by atoms with Crippen LogP contribution in [0.1, 0.15) is 45.1 Å². The van der Waals surface area contributed by atoms with Crippen molar-refractivity contribution in [1.29, 1.82) is 0 Å². The quantitative estimate of drug-likeness (QED) is 0.812. The smallest absolute Gasteiger partial charge is 0.119 e. The van der Waals surface area contributed by atoms with E-state index < -0.39 is 0 Å². The first kappa shape index (κ1) is 15.7. The largest absolute Gasteiger partial charge is 0.491 e. The SMILES string of the molecule is CSC1(CNCc2ccc(OC(C)C)cc2)CCCC1. The molecule has 1 aliphatic rings. The third kappa shape index (κ3) is 4.42. The molecule has 1 aromatic carbocycles. The molecule has 2 nitrogen and oxygen atoms in total. The van der Waals surface area contributed by atoms with Gasteiger partial charge < -0.3 is 10.1 Å². The lowest BCUT2D eigenvalue weighted by atomic mass is 10.1. The summed E-state index contributed by atoms with van der Waals surface area (Å²) in [7, 11) is 0. The van der Waals surface area contributed by atoms with Gasteiger partial charge >= 0.3 is 0 Å². The molecule has 0 heterocycles. The van der Waals surface area contributed by atoms with Crippen molar-refractivity contribution in [1.82, 2.24) is 5.32 Å². The zero-order valence-electron chi connectivity index (χ0n) is 12.9. The summed E-state index contributed by atoms with van der Waals surface area (Å²) in [5.74, 6) is 0.958. The Hall–Kier alpha value is -0.670.